The van der Waals surface area contributed by atoms with Crippen molar-refractivity contribution in [3.8, 4) is 6.07 Å². The summed E-state index contributed by atoms with van der Waals surface area (Å²) in [5.74, 6) is 1.56. The zero-order valence-electron chi connectivity index (χ0n) is 14.2. The van der Waals surface area contributed by atoms with E-state index in [1.54, 1.807) is 29.2 Å². The van der Waals surface area contributed by atoms with E-state index in [1.807, 2.05) is 38.1 Å². The molecule has 0 atom stereocenters. The summed E-state index contributed by atoms with van der Waals surface area (Å²) < 4.78 is 5.58. The monoisotopic (exact) mass is 326 g/mol. The molecule has 1 aromatic carbocycles. The number of rotatable bonds is 6. The second-order valence-corrected chi connectivity index (χ2v) is 5.86. The van der Waals surface area contributed by atoms with Crippen LogP contribution in [0.25, 0.3) is 0 Å². The highest BCUT2D eigenvalue weighted by atomic mass is 16.3. The number of nitrogens with zero attached hydrogens (tertiary/aromatic N) is 3. The summed E-state index contributed by atoms with van der Waals surface area (Å²) in [4.78, 5) is 16.3. The average Bonchev–Trinajstić information content (AvgIpc) is 2.96. The molecule has 1 heterocycles. The molecule has 0 spiro atoms. The Morgan fingerprint density at radius 2 is 2.04 bits per heavy atom. The van der Waals surface area contributed by atoms with E-state index in [2.05, 4.69) is 11.4 Å². The van der Waals surface area contributed by atoms with Crippen LogP contribution in [0.3, 0.4) is 0 Å². The van der Waals surface area contributed by atoms with Gasteiger partial charge in [0, 0.05) is 18.8 Å². The standard InChI is InChI=1S/C18H22N4O2/c1-14-7-8-17(24-14)13-22(10-9-21(2)3)18(23)20-16-6-4-5-15(11-16)12-19/h4-8,11H,9-10,13H2,1-3H3,(H,20,23). The number of nitrogens with one attached hydrogen (secondary N) is 1. The quantitative estimate of drug-likeness (QED) is 0.885. The highest BCUT2D eigenvalue weighted by Crippen LogP contribution is 2.13. The van der Waals surface area contributed by atoms with Gasteiger partial charge in [0.25, 0.3) is 0 Å². The number of likely N-dealkylation sites (N-methyl/N-ethyl adjacent to an activating group) is 1. The summed E-state index contributed by atoms with van der Waals surface area (Å²) in [6, 6.07) is 12.5. The summed E-state index contributed by atoms with van der Waals surface area (Å²) >= 11 is 0. The molecule has 0 saturated carbocycles. The Labute approximate surface area is 142 Å². The summed E-state index contributed by atoms with van der Waals surface area (Å²) in [6.07, 6.45) is 0. The highest BCUT2D eigenvalue weighted by molar-refractivity contribution is 5.89. The number of carbonyl (C=O) groups is 1. The van der Waals surface area contributed by atoms with Gasteiger partial charge in [-0.2, -0.15) is 5.26 Å². The van der Waals surface area contributed by atoms with Gasteiger partial charge < -0.3 is 19.5 Å². The van der Waals surface area contributed by atoms with Crippen molar-refractivity contribution in [3.63, 3.8) is 0 Å². The lowest BCUT2D eigenvalue weighted by atomic mass is 10.2. The van der Waals surface area contributed by atoms with Gasteiger partial charge in [-0.05, 0) is 51.4 Å². The molecule has 0 aliphatic carbocycles. The highest BCUT2D eigenvalue weighted by Gasteiger charge is 2.16. The van der Waals surface area contributed by atoms with Crippen molar-refractivity contribution in [2.75, 3.05) is 32.5 Å². The fourth-order valence-corrected chi connectivity index (χ4v) is 2.20. The SMILES string of the molecule is Cc1ccc(CN(CCN(C)C)C(=O)Nc2cccc(C#N)c2)o1. The van der Waals surface area contributed by atoms with Crippen molar-refractivity contribution < 1.29 is 9.21 Å². The second-order valence-electron chi connectivity index (χ2n) is 5.86. The lowest BCUT2D eigenvalue weighted by Crippen LogP contribution is -2.38. The zero-order chi connectivity index (χ0) is 17.5. The molecule has 0 unspecified atom stereocenters. The van der Waals surface area contributed by atoms with Gasteiger partial charge in [0.2, 0.25) is 0 Å². The lowest BCUT2D eigenvalue weighted by molar-refractivity contribution is 0.196. The number of urea groups is 1. The minimum Gasteiger partial charge on any atom is -0.464 e. The predicted octanol–water partition coefficient (Wildman–Crippen LogP) is 3.06. The van der Waals surface area contributed by atoms with Gasteiger partial charge in [-0.25, -0.2) is 4.79 Å². The Bertz CT molecular complexity index is 731. The first-order chi connectivity index (χ1) is 11.5. The van der Waals surface area contributed by atoms with Gasteiger partial charge in [-0.3, -0.25) is 0 Å². The number of carbonyl (C=O) groups excluding carboxylic acids is 1. The van der Waals surface area contributed by atoms with E-state index in [-0.39, 0.29) is 6.03 Å². The Kier molecular flexibility index (Phi) is 5.99. The topological polar surface area (TPSA) is 72.5 Å². The van der Waals surface area contributed by atoms with Gasteiger partial charge in [0.15, 0.2) is 0 Å². The molecule has 126 valence electrons. The van der Waals surface area contributed by atoms with Crippen LogP contribution in [0, 0.1) is 18.3 Å². The van der Waals surface area contributed by atoms with Gasteiger partial charge >= 0.3 is 6.03 Å². The Morgan fingerprint density at radius 3 is 2.67 bits per heavy atom. The largest absolute Gasteiger partial charge is 0.464 e. The first-order valence-corrected chi connectivity index (χ1v) is 7.74. The van der Waals surface area contributed by atoms with E-state index in [9.17, 15) is 4.79 Å². The number of anilines is 1. The van der Waals surface area contributed by atoms with E-state index in [4.69, 9.17) is 9.68 Å². The molecule has 0 bridgehead atoms. The summed E-state index contributed by atoms with van der Waals surface area (Å²) in [5.41, 5.74) is 1.11. The Morgan fingerprint density at radius 1 is 1.25 bits per heavy atom. The molecule has 6 heteroatoms. The molecule has 2 aromatic rings. The lowest BCUT2D eigenvalue weighted by Gasteiger charge is -2.24. The molecule has 0 aliphatic heterocycles. The third-order valence-electron chi connectivity index (χ3n) is 3.49. The fraction of sp³-hybridized carbons (Fsp3) is 0.333. The molecule has 2 amide bonds. The maximum Gasteiger partial charge on any atom is 0.322 e. The summed E-state index contributed by atoms with van der Waals surface area (Å²) in [5, 5.41) is 11.8. The number of benzene rings is 1. The maximum atomic E-state index is 12.6. The number of aryl methyl sites for hydroxylation is 1. The maximum absolute atomic E-state index is 12.6. The van der Waals surface area contributed by atoms with Gasteiger partial charge in [-0.1, -0.05) is 6.07 Å². The summed E-state index contributed by atoms with van der Waals surface area (Å²) in [7, 11) is 3.92. The smallest absolute Gasteiger partial charge is 0.322 e. The molecule has 6 nitrogen and oxygen atoms in total. The van der Waals surface area contributed by atoms with Gasteiger partial charge in [0.05, 0.1) is 18.2 Å². The molecule has 1 N–H and O–H groups in total. The molecule has 0 fully saturated rings. The third-order valence-corrected chi connectivity index (χ3v) is 3.49. The van der Waals surface area contributed by atoms with Gasteiger partial charge in [0.1, 0.15) is 11.5 Å². The van der Waals surface area contributed by atoms with Crippen molar-refractivity contribution in [1.29, 1.82) is 5.26 Å². The normalized spacial score (nSPS) is 10.5. The molecular formula is C18H22N4O2. The summed E-state index contributed by atoms with van der Waals surface area (Å²) in [6.45, 7) is 3.58. The van der Waals surface area contributed by atoms with Crippen molar-refractivity contribution in [1.82, 2.24) is 9.80 Å². The Balaban J connectivity index is 2.09. The van der Waals surface area contributed by atoms with Crippen LogP contribution in [0.1, 0.15) is 17.1 Å². The number of hydrogen-bond donors (Lipinski definition) is 1. The van der Waals surface area contributed by atoms with Crippen LogP contribution >= 0.6 is 0 Å². The zero-order valence-corrected chi connectivity index (χ0v) is 14.2. The van der Waals surface area contributed by atoms with E-state index in [0.717, 1.165) is 18.1 Å². The second kappa shape index (κ2) is 8.18. The van der Waals surface area contributed by atoms with Crippen LogP contribution in [-0.4, -0.2) is 43.0 Å². The van der Waals surface area contributed by atoms with E-state index in [0.29, 0.717) is 24.3 Å². The van der Waals surface area contributed by atoms with Crippen molar-refractivity contribution in [2.24, 2.45) is 0 Å². The van der Waals surface area contributed by atoms with Crippen LogP contribution in [0.4, 0.5) is 10.5 Å². The van der Waals surface area contributed by atoms with E-state index < -0.39 is 0 Å². The van der Waals surface area contributed by atoms with Gasteiger partial charge in [-0.15, -0.1) is 0 Å². The minimum absolute atomic E-state index is 0.221. The van der Waals surface area contributed by atoms with E-state index in [1.165, 1.54) is 0 Å². The molecule has 2 rings (SSSR count). The molecule has 1 aromatic heterocycles. The molecule has 0 aliphatic rings. The first-order valence-electron chi connectivity index (χ1n) is 7.74. The number of hydrogen-bond acceptors (Lipinski definition) is 4. The van der Waals surface area contributed by atoms with Crippen LogP contribution < -0.4 is 5.32 Å². The average molecular weight is 326 g/mol. The van der Waals surface area contributed by atoms with Crippen LogP contribution in [0.2, 0.25) is 0 Å². The molecule has 24 heavy (non-hydrogen) atoms. The fourth-order valence-electron chi connectivity index (χ4n) is 2.20. The molecule has 0 radical (unpaired) electrons. The number of furan rings is 1. The third kappa shape index (κ3) is 5.14. The number of amides is 2. The molecular weight excluding hydrogens is 304 g/mol. The predicted molar refractivity (Wildman–Crippen MR) is 92.6 cm³/mol. The molecule has 0 saturated heterocycles. The van der Waals surface area contributed by atoms with Crippen molar-refractivity contribution >= 4 is 11.7 Å². The van der Waals surface area contributed by atoms with Crippen molar-refractivity contribution in [2.45, 2.75) is 13.5 Å². The van der Waals surface area contributed by atoms with Crippen LogP contribution in [0.5, 0.6) is 0 Å². The van der Waals surface area contributed by atoms with Crippen LogP contribution in [0.15, 0.2) is 40.8 Å². The van der Waals surface area contributed by atoms with E-state index >= 15 is 0 Å². The minimum atomic E-state index is -0.221. The van der Waals surface area contributed by atoms with Crippen LogP contribution in [-0.2, 0) is 6.54 Å². The first kappa shape index (κ1) is 17.6. The van der Waals surface area contributed by atoms with Crippen molar-refractivity contribution in [3.05, 3.63) is 53.5 Å². The number of nitriles is 1. The Hall–Kier alpha value is -2.78.